The zero-order chi connectivity index (χ0) is 26.7. The predicted octanol–water partition coefficient (Wildman–Crippen LogP) is 4.95. The fourth-order valence-corrected chi connectivity index (χ4v) is 5.61. The summed E-state index contributed by atoms with van der Waals surface area (Å²) >= 11 is 2.25. The molecule has 0 unspecified atom stereocenters. The quantitative estimate of drug-likeness (QED) is 0.392. The van der Waals surface area contributed by atoms with Crippen molar-refractivity contribution in [2.45, 2.75) is 25.6 Å². The van der Waals surface area contributed by atoms with E-state index in [9.17, 15) is 22.8 Å². The van der Waals surface area contributed by atoms with Crippen molar-refractivity contribution in [1.82, 2.24) is 25.6 Å². The van der Waals surface area contributed by atoms with Gasteiger partial charge >= 0.3 is 6.18 Å². The van der Waals surface area contributed by atoms with Crippen LogP contribution in [0, 0.1) is 5.92 Å². The van der Waals surface area contributed by atoms with Crippen LogP contribution in [-0.4, -0.2) is 45.7 Å². The van der Waals surface area contributed by atoms with Gasteiger partial charge in [-0.2, -0.15) is 24.5 Å². The number of thioether (sulfide) groups is 1. The van der Waals surface area contributed by atoms with Crippen molar-refractivity contribution in [3.63, 3.8) is 0 Å². The molecule has 2 aliphatic rings. The Labute approximate surface area is 224 Å². The maximum absolute atomic E-state index is 13.4. The number of carbonyl (C=O) groups is 2. The smallest absolute Gasteiger partial charge is 0.341 e. The lowest BCUT2D eigenvalue weighted by atomic mass is 9.97. The molecule has 2 amide bonds. The van der Waals surface area contributed by atoms with Gasteiger partial charge in [0.15, 0.2) is 0 Å². The fraction of sp³-hybridized carbons (Fsp3) is 0.320. The Hall–Kier alpha value is -3.29. The van der Waals surface area contributed by atoms with Crippen LogP contribution in [0.2, 0.25) is 0 Å². The van der Waals surface area contributed by atoms with Gasteiger partial charge in [-0.05, 0) is 72.8 Å². The number of carbonyl (C=O) groups excluding carboxylic acids is 2. The summed E-state index contributed by atoms with van der Waals surface area (Å²) in [7, 11) is 0. The summed E-state index contributed by atoms with van der Waals surface area (Å²) < 4.78 is 40.3. The molecule has 3 aromatic heterocycles. The highest BCUT2D eigenvalue weighted by molar-refractivity contribution is 8.18. The van der Waals surface area contributed by atoms with Crippen LogP contribution >= 0.6 is 23.1 Å². The van der Waals surface area contributed by atoms with E-state index in [4.69, 9.17) is 0 Å². The third kappa shape index (κ3) is 6.40. The summed E-state index contributed by atoms with van der Waals surface area (Å²) in [6.07, 6.45) is 0.479. The molecule has 0 radical (unpaired) electrons. The monoisotopic (exact) mass is 560 g/mol. The third-order valence-corrected chi connectivity index (χ3v) is 7.74. The first-order valence-electron chi connectivity index (χ1n) is 11.9. The molecule has 0 bridgehead atoms. The van der Waals surface area contributed by atoms with Gasteiger partial charge in [-0.3, -0.25) is 19.9 Å². The maximum Gasteiger partial charge on any atom is 0.416 e. The number of amides is 2. The largest absolute Gasteiger partial charge is 0.416 e. The zero-order valence-corrected chi connectivity index (χ0v) is 21.6. The average molecular weight is 561 g/mol. The maximum atomic E-state index is 13.4. The molecule has 2 saturated heterocycles. The number of imide groups is 1. The molecule has 0 aromatic carbocycles. The summed E-state index contributed by atoms with van der Waals surface area (Å²) in [5.41, 5.74) is 1.20. The number of anilines is 1. The number of nitrogens with one attached hydrogen (secondary N) is 2. The summed E-state index contributed by atoms with van der Waals surface area (Å²) in [5, 5.41) is 8.70. The van der Waals surface area contributed by atoms with Gasteiger partial charge in [0.2, 0.25) is 5.95 Å². The van der Waals surface area contributed by atoms with Crippen LogP contribution in [0.4, 0.5) is 23.9 Å². The van der Waals surface area contributed by atoms with Crippen LogP contribution in [0.1, 0.15) is 29.8 Å². The molecule has 2 fully saturated rings. The van der Waals surface area contributed by atoms with Crippen LogP contribution in [-0.2, 0) is 17.5 Å². The standard InChI is InChI=1S/C25H23F3N6O2S2/c26-25(27,28)17-9-19(31-20(10-17)16-4-8-37-14-16)13-29-12-15-2-6-34(7-3-15)23-30-5-1-18(32-23)11-21-22(35)33-24(36)38-21/h1,4-5,8-11,14-15,29H,2-3,6-7,12-13H2,(H,33,35,36)/b21-11+. The average Bonchev–Trinajstić information content (AvgIpc) is 3.54. The molecule has 0 spiro atoms. The normalized spacial score (nSPS) is 17.9. The first-order chi connectivity index (χ1) is 18.2. The lowest BCUT2D eigenvalue weighted by Gasteiger charge is -2.32. The highest BCUT2D eigenvalue weighted by Crippen LogP contribution is 2.33. The number of thiophene rings is 1. The highest BCUT2D eigenvalue weighted by Gasteiger charge is 2.32. The SMILES string of the molecule is O=C1NC(=O)/C(=C\c2ccnc(N3CCC(CNCc4cc(C(F)(F)F)cc(-c5ccsc5)n4)CC3)n2)S1. The van der Waals surface area contributed by atoms with Crippen molar-refractivity contribution in [2.75, 3.05) is 24.5 Å². The second kappa shape index (κ2) is 11.2. The fourth-order valence-electron chi connectivity index (χ4n) is 4.29. The second-order valence-corrected chi connectivity index (χ2v) is 10.7. The molecule has 13 heteroatoms. The van der Waals surface area contributed by atoms with Crippen LogP contribution in [0.15, 0.2) is 46.1 Å². The topological polar surface area (TPSA) is 100 Å². The van der Waals surface area contributed by atoms with Crippen molar-refractivity contribution < 1.29 is 22.8 Å². The van der Waals surface area contributed by atoms with Crippen LogP contribution < -0.4 is 15.5 Å². The van der Waals surface area contributed by atoms with E-state index in [2.05, 4.69) is 30.5 Å². The van der Waals surface area contributed by atoms with E-state index in [0.29, 0.717) is 46.0 Å². The molecule has 0 atom stereocenters. The summed E-state index contributed by atoms with van der Waals surface area (Å²) in [6, 6.07) is 5.64. The van der Waals surface area contributed by atoms with E-state index < -0.39 is 22.9 Å². The molecule has 198 valence electrons. The number of piperidine rings is 1. The Bertz CT molecular complexity index is 1360. The van der Waals surface area contributed by atoms with Crippen molar-refractivity contribution in [3.05, 3.63) is 63.1 Å². The number of rotatable bonds is 7. The highest BCUT2D eigenvalue weighted by atomic mass is 32.2. The number of alkyl halides is 3. The molecule has 38 heavy (non-hydrogen) atoms. The minimum atomic E-state index is -4.44. The number of hydrogen-bond donors (Lipinski definition) is 2. The summed E-state index contributed by atoms with van der Waals surface area (Å²) in [6.45, 7) is 2.36. The van der Waals surface area contributed by atoms with Gasteiger partial charge in [-0.1, -0.05) is 0 Å². The Morgan fingerprint density at radius 2 is 1.97 bits per heavy atom. The Morgan fingerprint density at radius 3 is 2.66 bits per heavy atom. The summed E-state index contributed by atoms with van der Waals surface area (Å²) in [4.78, 5) is 38.8. The van der Waals surface area contributed by atoms with Crippen LogP contribution in [0.5, 0.6) is 0 Å². The molecule has 0 saturated carbocycles. The van der Waals surface area contributed by atoms with E-state index in [1.165, 1.54) is 11.3 Å². The van der Waals surface area contributed by atoms with Crippen molar-refractivity contribution in [3.8, 4) is 11.3 Å². The van der Waals surface area contributed by atoms with E-state index in [-0.39, 0.29) is 6.54 Å². The Morgan fingerprint density at radius 1 is 1.16 bits per heavy atom. The molecule has 2 N–H and O–H groups in total. The molecular weight excluding hydrogens is 537 g/mol. The predicted molar refractivity (Wildman–Crippen MR) is 140 cm³/mol. The van der Waals surface area contributed by atoms with Gasteiger partial charge in [-0.25, -0.2) is 9.97 Å². The number of hydrogen-bond acceptors (Lipinski definition) is 9. The molecular formula is C25H23F3N6O2S2. The number of nitrogens with zero attached hydrogens (tertiary/aromatic N) is 4. The third-order valence-electron chi connectivity index (χ3n) is 6.24. The minimum Gasteiger partial charge on any atom is -0.341 e. The first-order valence-corrected chi connectivity index (χ1v) is 13.6. The van der Waals surface area contributed by atoms with Crippen molar-refractivity contribution in [1.29, 1.82) is 0 Å². The minimum absolute atomic E-state index is 0.245. The number of aromatic nitrogens is 3. The molecule has 3 aromatic rings. The number of pyridine rings is 1. The molecule has 2 aliphatic heterocycles. The lowest BCUT2D eigenvalue weighted by Crippen LogP contribution is -2.38. The van der Waals surface area contributed by atoms with Gasteiger partial charge < -0.3 is 10.2 Å². The van der Waals surface area contributed by atoms with Gasteiger partial charge in [0.05, 0.1) is 27.6 Å². The second-order valence-electron chi connectivity index (χ2n) is 8.94. The van der Waals surface area contributed by atoms with Gasteiger partial charge in [0.25, 0.3) is 11.1 Å². The van der Waals surface area contributed by atoms with Crippen molar-refractivity contribution >= 4 is 46.3 Å². The molecule has 0 aliphatic carbocycles. The van der Waals surface area contributed by atoms with Crippen LogP contribution in [0.3, 0.4) is 0 Å². The van der Waals surface area contributed by atoms with E-state index in [1.54, 1.807) is 29.8 Å². The Kier molecular flexibility index (Phi) is 7.77. The lowest BCUT2D eigenvalue weighted by molar-refractivity contribution is -0.137. The van der Waals surface area contributed by atoms with Crippen molar-refractivity contribution in [2.24, 2.45) is 5.92 Å². The zero-order valence-electron chi connectivity index (χ0n) is 20.0. The summed E-state index contributed by atoms with van der Waals surface area (Å²) in [5.74, 6) is 0.467. The molecule has 5 rings (SSSR count). The van der Waals surface area contributed by atoms with E-state index in [0.717, 1.165) is 49.8 Å². The van der Waals surface area contributed by atoms with E-state index >= 15 is 0 Å². The molecule has 8 nitrogen and oxygen atoms in total. The van der Waals surface area contributed by atoms with Crippen LogP contribution in [0.25, 0.3) is 17.3 Å². The van der Waals surface area contributed by atoms with E-state index in [1.807, 2.05) is 5.38 Å². The van der Waals surface area contributed by atoms with Gasteiger partial charge in [0.1, 0.15) is 0 Å². The number of halogens is 3. The first kappa shape index (κ1) is 26.3. The Balaban J connectivity index is 1.16. The van der Waals surface area contributed by atoms with Gasteiger partial charge in [-0.15, -0.1) is 0 Å². The van der Waals surface area contributed by atoms with Gasteiger partial charge in [0, 0.05) is 36.8 Å². The molecule has 5 heterocycles.